The summed E-state index contributed by atoms with van der Waals surface area (Å²) in [6.45, 7) is 0. The average Bonchev–Trinajstić information content (AvgIpc) is 3.02. The first-order valence-electron chi connectivity index (χ1n) is 6.51. The van der Waals surface area contributed by atoms with Crippen molar-refractivity contribution >= 4 is 29.2 Å². The average molecular weight is 287 g/mol. The van der Waals surface area contributed by atoms with Gasteiger partial charge in [-0.2, -0.15) is 5.26 Å². The summed E-state index contributed by atoms with van der Waals surface area (Å²) in [5.41, 5.74) is 1.84. The largest absolute Gasteiger partial charge is 0.429 e. The van der Waals surface area contributed by atoms with Gasteiger partial charge < -0.3 is 14.7 Å². The van der Waals surface area contributed by atoms with Crippen LogP contribution >= 0.6 is 12.2 Å². The molecule has 5 nitrogen and oxygen atoms in total. The van der Waals surface area contributed by atoms with Crippen LogP contribution in [-0.4, -0.2) is 16.9 Å². The van der Waals surface area contributed by atoms with E-state index in [0.29, 0.717) is 11.1 Å². The van der Waals surface area contributed by atoms with Crippen LogP contribution in [0.3, 0.4) is 0 Å². The number of hydrogen-bond donors (Lipinski definition) is 2. The molecular formula is C14H13N3O2S. The number of aromatic amines is 1. The van der Waals surface area contributed by atoms with E-state index in [1.165, 1.54) is 0 Å². The first-order chi connectivity index (χ1) is 9.67. The molecule has 1 amide bonds. The molecule has 1 aliphatic rings. The maximum absolute atomic E-state index is 12.2. The minimum absolute atomic E-state index is 0.0547. The number of rotatable bonds is 2. The lowest BCUT2D eigenvalue weighted by atomic mass is 10.1. The Hall–Kier alpha value is -2.13. The third kappa shape index (κ3) is 2.32. The van der Waals surface area contributed by atoms with Crippen molar-refractivity contribution in [2.24, 2.45) is 5.92 Å². The van der Waals surface area contributed by atoms with E-state index in [4.69, 9.17) is 21.9 Å². The molecule has 2 aromatic rings. The monoisotopic (exact) mass is 287 g/mol. The lowest BCUT2D eigenvalue weighted by Gasteiger charge is -2.15. The first-order valence-corrected chi connectivity index (χ1v) is 6.91. The second-order valence-electron chi connectivity index (χ2n) is 4.97. The lowest BCUT2D eigenvalue weighted by Crippen LogP contribution is -2.36. The van der Waals surface area contributed by atoms with Gasteiger partial charge in [0, 0.05) is 11.6 Å². The second-order valence-corrected chi connectivity index (χ2v) is 5.34. The van der Waals surface area contributed by atoms with E-state index in [2.05, 4.69) is 16.4 Å². The fourth-order valence-corrected chi connectivity index (χ4v) is 2.83. The van der Waals surface area contributed by atoms with Crippen molar-refractivity contribution in [1.82, 2.24) is 10.3 Å². The molecule has 1 aliphatic carbocycles. The summed E-state index contributed by atoms with van der Waals surface area (Å²) in [6, 6.07) is 7.34. The number of amides is 1. The Kier molecular flexibility index (Phi) is 3.28. The van der Waals surface area contributed by atoms with E-state index in [1.54, 1.807) is 18.2 Å². The van der Waals surface area contributed by atoms with E-state index >= 15 is 0 Å². The Morgan fingerprint density at radius 3 is 3.15 bits per heavy atom. The zero-order valence-electron chi connectivity index (χ0n) is 10.7. The van der Waals surface area contributed by atoms with Crippen molar-refractivity contribution in [3.8, 4) is 6.07 Å². The van der Waals surface area contributed by atoms with Crippen LogP contribution in [0, 0.1) is 22.1 Å². The van der Waals surface area contributed by atoms with Gasteiger partial charge in [0.1, 0.15) is 0 Å². The number of nitrogens with zero attached hydrogens (tertiary/aromatic N) is 1. The molecule has 3 rings (SSSR count). The van der Waals surface area contributed by atoms with E-state index in [-0.39, 0.29) is 22.7 Å². The molecule has 0 radical (unpaired) electrons. The van der Waals surface area contributed by atoms with Crippen molar-refractivity contribution in [2.45, 2.75) is 25.3 Å². The molecule has 1 aromatic heterocycles. The number of hydrogen-bond acceptors (Lipinski definition) is 4. The van der Waals surface area contributed by atoms with Gasteiger partial charge in [0.2, 0.25) is 0 Å². The SMILES string of the molecule is N#CC1CCCC1NC(=O)c1ccc2[nH]c(=S)oc2c1. The summed E-state index contributed by atoms with van der Waals surface area (Å²) < 4.78 is 5.30. The molecule has 2 unspecified atom stereocenters. The van der Waals surface area contributed by atoms with Crippen molar-refractivity contribution in [3.63, 3.8) is 0 Å². The summed E-state index contributed by atoms with van der Waals surface area (Å²) in [5, 5.41) is 12.0. The zero-order valence-corrected chi connectivity index (χ0v) is 11.5. The van der Waals surface area contributed by atoms with Gasteiger partial charge in [-0.25, -0.2) is 0 Å². The fraction of sp³-hybridized carbons (Fsp3) is 0.357. The van der Waals surface area contributed by atoms with Gasteiger partial charge in [-0.1, -0.05) is 0 Å². The third-order valence-electron chi connectivity index (χ3n) is 3.68. The highest BCUT2D eigenvalue weighted by Gasteiger charge is 2.28. The highest BCUT2D eigenvalue weighted by atomic mass is 32.1. The number of oxazole rings is 1. The van der Waals surface area contributed by atoms with Crippen molar-refractivity contribution in [2.75, 3.05) is 0 Å². The summed E-state index contributed by atoms with van der Waals surface area (Å²) in [5.74, 6) is -0.264. The van der Waals surface area contributed by atoms with Crippen LogP contribution in [-0.2, 0) is 0 Å². The number of fused-ring (bicyclic) bond motifs is 1. The lowest BCUT2D eigenvalue weighted by molar-refractivity contribution is 0.0933. The molecule has 0 spiro atoms. The van der Waals surface area contributed by atoms with Gasteiger partial charge in [-0.15, -0.1) is 0 Å². The maximum atomic E-state index is 12.2. The summed E-state index contributed by atoms with van der Waals surface area (Å²) in [6.07, 6.45) is 2.69. The van der Waals surface area contributed by atoms with Gasteiger partial charge in [0.15, 0.2) is 5.58 Å². The predicted octanol–water partition coefficient (Wildman–Crippen LogP) is 2.91. The molecule has 0 saturated heterocycles. The van der Waals surface area contributed by atoms with Gasteiger partial charge >= 0.3 is 0 Å². The Bertz CT molecular complexity index is 756. The zero-order chi connectivity index (χ0) is 14.1. The van der Waals surface area contributed by atoms with Crippen LogP contribution in [0.1, 0.15) is 29.6 Å². The van der Waals surface area contributed by atoms with E-state index in [0.717, 1.165) is 24.8 Å². The summed E-state index contributed by atoms with van der Waals surface area (Å²) in [4.78, 5) is 15.4. The van der Waals surface area contributed by atoms with E-state index in [1.807, 2.05) is 0 Å². The number of nitrogens with one attached hydrogen (secondary N) is 2. The van der Waals surface area contributed by atoms with Crippen molar-refractivity contribution in [1.29, 1.82) is 5.26 Å². The van der Waals surface area contributed by atoms with E-state index < -0.39 is 0 Å². The van der Waals surface area contributed by atoms with Crippen LogP contribution < -0.4 is 5.32 Å². The number of benzene rings is 1. The van der Waals surface area contributed by atoms with Crippen LogP contribution in [0.15, 0.2) is 22.6 Å². The molecule has 20 heavy (non-hydrogen) atoms. The number of carbonyl (C=O) groups excluding carboxylic acids is 1. The Labute approximate surface area is 120 Å². The number of aromatic nitrogens is 1. The van der Waals surface area contributed by atoms with Gasteiger partial charge in [-0.05, 0) is 49.7 Å². The molecule has 1 aromatic carbocycles. The van der Waals surface area contributed by atoms with Crippen LogP contribution in [0.4, 0.5) is 0 Å². The number of H-pyrrole nitrogens is 1. The molecule has 6 heteroatoms. The molecule has 1 fully saturated rings. The Balaban J connectivity index is 1.81. The third-order valence-corrected chi connectivity index (χ3v) is 3.87. The first kappa shape index (κ1) is 12.9. The number of carbonyl (C=O) groups is 1. The fourth-order valence-electron chi connectivity index (χ4n) is 2.63. The predicted molar refractivity (Wildman–Crippen MR) is 75.6 cm³/mol. The normalized spacial score (nSPS) is 21.8. The van der Waals surface area contributed by atoms with Crippen LogP contribution in [0.25, 0.3) is 11.1 Å². The molecule has 1 heterocycles. The van der Waals surface area contributed by atoms with Crippen LogP contribution in [0.5, 0.6) is 0 Å². The van der Waals surface area contributed by atoms with Crippen molar-refractivity contribution < 1.29 is 9.21 Å². The van der Waals surface area contributed by atoms with Crippen LogP contribution in [0.2, 0.25) is 0 Å². The van der Waals surface area contributed by atoms with E-state index in [9.17, 15) is 4.79 Å². The molecule has 1 saturated carbocycles. The Morgan fingerprint density at radius 1 is 1.50 bits per heavy atom. The van der Waals surface area contributed by atoms with Crippen molar-refractivity contribution in [3.05, 3.63) is 28.6 Å². The van der Waals surface area contributed by atoms with Gasteiger partial charge in [0.25, 0.3) is 10.7 Å². The maximum Gasteiger partial charge on any atom is 0.266 e. The second kappa shape index (κ2) is 5.10. The minimum Gasteiger partial charge on any atom is -0.429 e. The smallest absolute Gasteiger partial charge is 0.266 e. The minimum atomic E-state index is -0.179. The molecular weight excluding hydrogens is 274 g/mol. The molecule has 102 valence electrons. The molecule has 2 atom stereocenters. The van der Waals surface area contributed by atoms with Gasteiger partial charge in [-0.3, -0.25) is 4.79 Å². The molecule has 0 bridgehead atoms. The summed E-state index contributed by atoms with van der Waals surface area (Å²) in [7, 11) is 0. The number of nitriles is 1. The molecule has 0 aliphatic heterocycles. The highest BCUT2D eigenvalue weighted by molar-refractivity contribution is 7.71. The quantitative estimate of drug-likeness (QED) is 0.832. The van der Waals surface area contributed by atoms with Gasteiger partial charge in [0.05, 0.1) is 17.5 Å². The summed E-state index contributed by atoms with van der Waals surface area (Å²) >= 11 is 4.91. The highest BCUT2D eigenvalue weighted by Crippen LogP contribution is 2.25. The standard InChI is InChI=1S/C14H13N3O2S/c15-7-9-2-1-3-10(9)16-13(18)8-4-5-11-12(6-8)19-14(20)17-11/h4-6,9-10H,1-3H2,(H,16,18)(H,17,20). The topological polar surface area (TPSA) is 81.8 Å². The Morgan fingerprint density at radius 2 is 2.35 bits per heavy atom. The molecule has 2 N–H and O–H groups in total.